The number of β-amino-alcohol motifs (C(OH)–C–C–N with tert-alkyl or cyclic N) is 1. The molecule has 44 heavy (non-hydrogen) atoms. The number of aromatic nitrogens is 2. The summed E-state index contributed by atoms with van der Waals surface area (Å²) >= 11 is 1.15. The SMILES string of the molecule is COCC(=O)N1CCc2c(c(-c3ccc(C(F)(F)F)c(SCCN4CCC(F)CC4)c3)nn2CC(O)CN2CCCCC2)C1. The van der Waals surface area contributed by atoms with Crippen molar-refractivity contribution in [2.45, 2.75) is 75.0 Å². The number of piperidine rings is 2. The van der Waals surface area contributed by atoms with Crippen molar-refractivity contribution in [1.82, 2.24) is 24.5 Å². The number of alkyl halides is 4. The molecule has 2 saturated heterocycles. The highest BCUT2D eigenvalue weighted by Crippen LogP contribution is 2.40. The maximum Gasteiger partial charge on any atom is 0.417 e. The number of benzene rings is 1. The molecule has 1 N–H and O–H groups in total. The number of carbonyl (C=O) groups is 1. The number of rotatable bonds is 11. The summed E-state index contributed by atoms with van der Waals surface area (Å²) in [5.74, 6) is 0.278. The zero-order chi connectivity index (χ0) is 31.3. The minimum absolute atomic E-state index is 0.0581. The average Bonchev–Trinajstić information content (AvgIpc) is 3.35. The molecule has 5 rings (SSSR count). The predicted molar refractivity (Wildman–Crippen MR) is 161 cm³/mol. The Bertz CT molecular complexity index is 1260. The van der Waals surface area contributed by atoms with Gasteiger partial charge >= 0.3 is 6.18 Å². The standard InChI is InChI=1S/C31H43F4N5O3S/c1-43-21-29(42)39-14-9-27-25(20-39)30(36-40(27)19-24(41)18-38-10-3-2-4-11-38)22-5-6-26(31(33,34)35)28(17-22)44-16-15-37-12-7-23(32)8-13-37/h5-6,17,23-24,41H,2-4,7-16,18-21H2,1H3. The van der Waals surface area contributed by atoms with E-state index in [-0.39, 0.29) is 30.5 Å². The van der Waals surface area contributed by atoms with Gasteiger partial charge in [0.2, 0.25) is 5.91 Å². The summed E-state index contributed by atoms with van der Waals surface area (Å²) in [6.45, 7) is 5.19. The number of amides is 1. The topological polar surface area (TPSA) is 74.1 Å². The molecular formula is C31H43F4N5O3S. The second-order valence-electron chi connectivity index (χ2n) is 12.0. The molecule has 13 heteroatoms. The third-order valence-electron chi connectivity index (χ3n) is 8.80. The van der Waals surface area contributed by atoms with Crippen LogP contribution in [0.1, 0.15) is 48.9 Å². The van der Waals surface area contributed by atoms with E-state index in [1.807, 2.05) is 0 Å². The minimum atomic E-state index is -4.52. The molecule has 1 atom stereocenters. The van der Waals surface area contributed by atoms with Gasteiger partial charge in [-0.3, -0.25) is 9.48 Å². The normalized spacial score (nSPS) is 19.7. The molecule has 244 valence electrons. The Labute approximate surface area is 260 Å². The van der Waals surface area contributed by atoms with Crippen LogP contribution in [0.2, 0.25) is 0 Å². The van der Waals surface area contributed by atoms with Gasteiger partial charge in [0, 0.05) is 80.3 Å². The van der Waals surface area contributed by atoms with Crippen LogP contribution in [0.15, 0.2) is 23.1 Å². The van der Waals surface area contributed by atoms with Crippen molar-refractivity contribution in [3.05, 3.63) is 35.0 Å². The highest BCUT2D eigenvalue weighted by Gasteiger charge is 2.35. The largest absolute Gasteiger partial charge is 0.417 e. The summed E-state index contributed by atoms with van der Waals surface area (Å²) in [6.07, 6.45) is -1.11. The van der Waals surface area contributed by atoms with Gasteiger partial charge in [-0.05, 0) is 50.9 Å². The van der Waals surface area contributed by atoms with Crippen molar-refractivity contribution >= 4 is 17.7 Å². The summed E-state index contributed by atoms with van der Waals surface area (Å²) in [4.78, 5) is 18.9. The molecule has 0 spiro atoms. The van der Waals surface area contributed by atoms with Crippen molar-refractivity contribution in [2.24, 2.45) is 0 Å². The molecule has 1 aromatic heterocycles. The number of nitrogens with zero attached hydrogens (tertiary/aromatic N) is 5. The lowest BCUT2D eigenvalue weighted by molar-refractivity contribution is -0.139. The number of fused-ring (bicyclic) bond motifs is 1. The summed E-state index contributed by atoms with van der Waals surface area (Å²) in [5.41, 5.74) is 2.05. The van der Waals surface area contributed by atoms with E-state index in [4.69, 9.17) is 9.84 Å². The van der Waals surface area contributed by atoms with Crippen molar-refractivity contribution in [2.75, 3.05) is 65.3 Å². The number of aliphatic hydroxyl groups excluding tert-OH is 1. The maximum atomic E-state index is 14.1. The Morgan fingerprint density at radius 2 is 1.84 bits per heavy atom. The van der Waals surface area contributed by atoms with Crippen LogP contribution in [0.4, 0.5) is 17.6 Å². The van der Waals surface area contributed by atoms with Gasteiger partial charge in [-0.15, -0.1) is 11.8 Å². The zero-order valence-corrected chi connectivity index (χ0v) is 26.1. The first-order valence-corrected chi connectivity index (χ1v) is 16.6. The average molecular weight is 642 g/mol. The molecule has 0 saturated carbocycles. The Morgan fingerprint density at radius 3 is 2.55 bits per heavy atom. The Balaban J connectivity index is 1.41. The minimum Gasteiger partial charge on any atom is -0.390 e. The zero-order valence-electron chi connectivity index (χ0n) is 25.3. The van der Waals surface area contributed by atoms with Gasteiger partial charge < -0.3 is 24.5 Å². The van der Waals surface area contributed by atoms with Gasteiger partial charge in [0.15, 0.2) is 0 Å². The lowest BCUT2D eigenvalue weighted by Gasteiger charge is -2.29. The molecule has 1 unspecified atom stereocenters. The molecule has 4 heterocycles. The molecule has 0 aliphatic carbocycles. The smallest absolute Gasteiger partial charge is 0.390 e. The molecule has 2 aromatic rings. The van der Waals surface area contributed by atoms with Crippen molar-refractivity contribution in [3.8, 4) is 11.3 Å². The fraction of sp³-hybridized carbons (Fsp3) is 0.677. The van der Waals surface area contributed by atoms with E-state index in [9.17, 15) is 27.5 Å². The Kier molecular flexibility index (Phi) is 11.3. The molecular weight excluding hydrogens is 598 g/mol. The van der Waals surface area contributed by atoms with E-state index in [0.717, 1.165) is 55.0 Å². The lowest BCUT2D eigenvalue weighted by atomic mass is 9.99. The van der Waals surface area contributed by atoms with Crippen LogP contribution in [0.5, 0.6) is 0 Å². The fourth-order valence-corrected chi connectivity index (χ4v) is 7.55. The van der Waals surface area contributed by atoms with Gasteiger partial charge in [-0.2, -0.15) is 18.3 Å². The molecule has 1 amide bonds. The van der Waals surface area contributed by atoms with E-state index in [1.165, 1.54) is 19.6 Å². The number of ether oxygens (including phenoxy) is 1. The van der Waals surface area contributed by atoms with E-state index in [0.29, 0.717) is 69.0 Å². The Hall–Kier alpha value is -2.19. The maximum absolute atomic E-state index is 14.1. The van der Waals surface area contributed by atoms with Crippen LogP contribution in [-0.2, 0) is 35.2 Å². The molecule has 3 aliphatic rings. The highest BCUT2D eigenvalue weighted by molar-refractivity contribution is 7.99. The van der Waals surface area contributed by atoms with Gasteiger partial charge in [0.1, 0.15) is 12.8 Å². The molecule has 1 aromatic carbocycles. The molecule has 3 aliphatic heterocycles. The van der Waals surface area contributed by atoms with Crippen LogP contribution >= 0.6 is 11.8 Å². The number of hydrogen-bond donors (Lipinski definition) is 1. The number of methoxy groups -OCH3 is 1. The second kappa shape index (κ2) is 14.9. The van der Waals surface area contributed by atoms with Gasteiger partial charge in [0.05, 0.1) is 23.9 Å². The molecule has 8 nitrogen and oxygen atoms in total. The lowest BCUT2D eigenvalue weighted by Crippen LogP contribution is -2.40. The third-order valence-corrected chi connectivity index (χ3v) is 9.83. The summed E-state index contributed by atoms with van der Waals surface area (Å²) in [6, 6.07) is 4.11. The number of thioether (sulfide) groups is 1. The third kappa shape index (κ3) is 8.34. The van der Waals surface area contributed by atoms with E-state index in [2.05, 4.69) is 9.80 Å². The number of carbonyl (C=O) groups excluding carboxylic acids is 1. The van der Waals surface area contributed by atoms with Crippen LogP contribution in [0.3, 0.4) is 0 Å². The number of halogens is 4. The highest BCUT2D eigenvalue weighted by atomic mass is 32.2. The Morgan fingerprint density at radius 1 is 1.09 bits per heavy atom. The van der Waals surface area contributed by atoms with E-state index < -0.39 is 24.0 Å². The van der Waals surface area contributed by atoms with Crippen LogP contribution in [-0.4, -0.2) is 113 Å². The van der Waals surface area contributed by atoms with Gasteiger partial charge in [-0.1, -0.05) is 12.5 Å². The summed E-state index contributed by atoms with van der Waals surface area (Å²) in [5, 5.41) is 15.9. The van der Waals surface area contributed by atoms with E-state index >= 15 is 0 Å². The van der Waals surface area contributed by atoms with Crippen molar-refractivity contribution < 1.29 is 32.2 Å². The molecule has 0 radical (unpaired) electrons. The van der Waals surface area contributed by atoms with Crippen LogP contribution < -0.4 is 0 Å². The first-order valence-electron chi connectivity index (χ1n) is 15.6. The first kappa shape index (κ1) is 33.2. The van der Waals surface area contributed by atoms with Crippen molar-refractivity contribution in [1.29, 1.82) is 0 Å². The second-order valence-corrected chi connectivity index (χ2v) is 13.2. The monoisotopic (exact) mass is 641 g/mol. The summed E-state index contributed by atoms with van der Waals surface area (Å²) in [7, 11) is 1.46. The van der Waals surface area contributed by atoms with Crippen LogP contribution in [0.25, 0.3) is 11.3 Å². The molecule has 0 bridgehead atoms. The van der Waals surface area contributed by atoms with Crippen LogP contribution in [0, 0.1) is 0 Å². The first-order chi connectivity index (χ1) is 21.1. The quantitative estimate of drug-likeness (QED) is 0.287. The number of aliphatic hydroxyl groups is 1. The van der Waals surface area contributed by atoms with Gasteiger partial charge in [0.25, 0.3) is 0 Å². The fourth-order valence-electron chi connectivity index (χ4n) is 6.43. The predicted octanol–water partition coefficient (Wildman–Crippen LogP) is 4.47. The molecule has 2 fully saturated rings. The summed E-state index contributed by atoms with van der Waals surface area (Å²) < 4.78 is 62.6. The number of hydrogen-bond acceptors (Lipinski definition) is 7. The number of likely N-dealkylation sites (tertiary alicyclic amines) is 2. The van der Waals surface area contributed by atoms with E-state index in [1.54, 1.807) is 15.6 Å². The van der Waals surface area contributed by atoms with Gasteiger partial charge in [-0.25, -0.2) is 4.39 Å². The van der Waals surface area contributed by atoms with Crippen molar-refractivity contribution in [3.63, 3.8) is 0 Å².